The molecular weight excluding hydrogens is 364 g/mol. The van der Waals surface area contributed by atoms with Crippen LogP contribution in [-0.4, -0.2) is 25.4 Å². The van der Waals surface area contributed by atoms with Crippen molar-refractivity contribution in [2.45, 2.75) is 13.5 Å². The molecule has 3 rings (SSSR count). The summed E-state index contributed by atoms with van der Waals surface area (Å²) < 4.78 is 5.79. The molecule has 0 saturated carbocycles. The normalized spacial score (nSPS) is 10.3. The van der Waals surface area contributed by atoms with E-state index in [-0.39, 0.29) is 18.4 Å². The lowest BCUT2D eigenvalue weighted by Gasteiger charge is -2.24. The van der Waals surface area contributed by atoms with Gasteiger partial charge in [-0.3, -0.25) is 9.59 Å². The molecule has 29 heavy (non-hydrogen) atoms. The predicted molar refractivity (Wildman–Crippen MR) is 115 cm³/mol. The van der Waals surface area contributed by atoms with Gasteiger partial charge in [-0.2, -0.15) is 0 Å². The standard InChI is InChI=1S/C24H24N2O3/c1-19(27)26(17-24(28)25(2)21-11-7-4-8-12-21)22-13-15-23(16-14-22)29-18-20-9-5-3-6-10-20/h3-16H,17-18H2,1-2H3. The molecule has 0 bridgehead atoms. The fourth-order valence-corrected chi connectivity index (χ4v) is 2.88. The van der Waals surface area contributed by atoms with Crippen molar-refractivity contribution in [2.24, 2.45) is 0 Å². The number of carbonyl (C=O) groups excluding carboxylic acids is 2. The quantitative estimate of drug-likeness (QED) is 0.607. The summed E-state index contributed by atoms with van der Waals surface area (Å²) in [5, 5.41) is 0. The highest BCUT2D eigenvalue weighted by atomic mass is 16.5. The van der Waals surface area contributed by atoms with Crippen molar-refractivity contribution < 1.29 is 14.3 Å². The first-order valence-corrected chi connectivity index (χ1v) is 9.41. The second kappa shape index (κ2) is 9.55. The summed E-state index contributed by atoms with van der Waals surface area (Å²) in [6.07, 6.45) is 0. The Morgan fingerprint density at radius 1 is 0.793 bits per heavy atom. The molecule has 0 aliphatic carbocycles. The maximum Gasteiger partial charge on any atom is 0.246 e. The third-order valence-electron chi connectivity index (χ3n) is 4.59. The highest BCUT2D eigenvalue weighted by Gasteiger charge is 2.19. The van der Waals surface area contributed by atoms with Gasteiger partial charge in [0.1, 0.15) is 18.9 Å². The second-order valence-corrected chi connectivity index (χ2v) is 6.66. The molecule has 0 aliphatic rings. The number of amides is 2. The van der Waals surface area contributed by atoms with Gasteiger partial charge >= 0.3 is 0 Å². The van der Waals surface area contributed by atoms with Crippen molar-refractivity contribution in [3.8, 4) is 5.75 Å². The number of nitrogens with zero attached hydrogens (tertiary/aromatic N) is 2. The van der Waals surface area contributed by atoms with E-state index in [2.05, 4.69) is 0 Å². The third-order valence-corrected chi connectivity index (χ3v) is 4.59. The summed E-state index contributed by atoms with van der Waals surface area (Å²) in [6.45, 7) is 1.89. The number of anilines is 2. The number of rotatable bonds is 7. The van der Waals surface area contributed by atoms with Crippen LogP contribution in [0.3, 0.4) is 0 Å². The lowest BCUT2D eigenvalue weighted by atomic mass is 10.2. The first kappa shape index (κ1) is 20.1. The zero-order valence-electron chi connectivity index (χ0n) is 16.6. The van der Waals surface area contributed by atoms with Gasteiger partial charge in [-0.15, -0.1) is 0 Å². The monoisotopic (exact) mass is 388 g/mol. The van der Waals surface area contributed by atoms with Gasteiger partial charge < -0.3 is 14.5 Å². The Hall–Kier alpha value is -3.60. The molecule has 0 aliphatic heterocycles. The molecule has 0 spiro atoms. The SMILES string of the molecule is CC(=O)N(CC(=O)N(C)c1ccccc1)c1ccc(OCc2ccccc2)cc1. The first-order chi connectivity index (χ1) is 14.0. The fourth-order valence-electron chi connectivity index (χ4n) is 2.88. The molecule has 2 amide bonds. The van der Waals surface area contributed by atoms with Crippen molar-refractivity contribution >= 4 is 23.2 Å². The van der Waals surface area contributed by atoms with Gasteiger partial charge in [0.15, 0.2) is 0 Å². The Morgan fingerprint density at radius 2 is 1.38 bits per heavy atom. The predicted octanol–water partition coefficient (Wildman–Crippen LogP) is 4.28. The van der Waals surface area contributed by atoms with Crippen molar-refractivity contribution in [2.75, 3.05) is 23.4 Å². The molecule has 0 aromatic heterocycles. The summed E-state index contributed by atoms with van der Waals surface area (Å²) in [7, 11) is 1.70. The Balaban J connectivity index is 1.65. The van der Waals surface area contributed by atoms with Crippen LogP contribution in [0.2, 0.25) is 0 Å². The highest BCUT2D eigenvalue weighted by Crippen LogP contribution is 2.21. The third kappa shape index (κ3) is 5.45. The van der Waals surface area contributed by atoms with Crippen LogP contribution in [0.4, 0.5) is 11.4 Å². The minimum atomic E-state index is -0.197. The average Bonchev–Trinajstić information content (AvgIpc) is 2.77. The van der Waals surface area contributed by atoms with E-state index in [9.17, 15) is 9.59 Å². The van der Waals surface area contributed by atoms with Crippen molar-refractivity contribution in [1.82, 2.24) is 0 Å². The Morgan fingerprint density at radius 3 is 1.97 bits per heavy atom. The number of benzene rings is 3. The van der Waals surface area contributed by atoms with E-state index in [1.54, 1.807) is 36.2 Å². The lowest BCUT2D eigenvalue weighted by Crippen LogP contribution is -2.40. The fraction of sp³-hybridized carbons (Fsp3) is 0.167. The van der Waals surface area contributed by atoms with Gasteiger partial charge in [-0.05, 0) is 42.0 Å². The van der Waals surface area contributed by atoms with Gasteiger partial charge in [-0.25, -0.2) is 0 Å². The lowest BCUT2D eigenvalue weighted by molar-refractivity contribution is -0.121. The molecule has 3 aromatic carbocycles. The molecule has 148 valence electrons. The van der Waals surface area contributed by atoms with Crippen LogP contribution >= 0.6 is 0 Å². The molecule has 5 nitrogen and oxygen atoms in total. The van der Waals surface area contributed by atoms with Gasteiger partial charge in [-0.1, -0.05) is 48.5 Å². The maximum absolute atomic E-state index is 12.7. The zero-order valence-corrected chi connectivity index (χ0v) is 16.6. The molecule has 0 radical (unpaired) electrons. The number of para-hydroxylation sites is 1. The molecule has 0 N–H and O–H groups in total. The minimum Gasteiger partial charge on any atom is -0.489 e. The van der Waals surface area contributed by atoms with Crippen molar-refractivity contribution in [1.29, 1.82) is 0 Å². The molecule has 0 fully saturated rings. The van der Waals surface area contributed by atoms with Crippen LogP contribution in [0, 0.1) is 0 Å². The number of carbonyl (C=O) groups is 2. The van der Waals surface area contributed by atoms with E-state index >= 15 is 0 Å². The molecule has 0 atom stereocenters. The first-order valence-electron chi connectivity index (χ1n) is 9.41. The Labute approximate surface area is 171 Å². The second-order valence-electron chi connectivity index (χ2n) is 6.66. The van der Waals surface area contributed by atoms with Crippen LogP contribution in [-0.2, 0) is 16.2 Å². The van der Waals surface area contributed by atoms with Crippen LogP contribution in [0.5, 0.6) is 5.75 Å². The number of hydrogen-bond donors (Lipinski definition) is 0. The summed E-state index contributed by atoms with van der Waals surface area (Å²) in [6, 6.07) is 26.4. The van der Waals surface area contributed by atoms with Gasteiger partial charge in [0.2, 0.25) is 11.8 Å². The smallest absolute Gasteiger partial charge is 0.246 e. The van der Waals surface area contributed by atoms with Crippen LogP contribution in [0.25, 0.3) is 0 Å². The van der Waals surface area contributed by atoms with E-state index < -0.39 is 0 Å². The molecule has 0 saturated heterocycles. The summed E-state index contributed by atoms with van der Waals surface area (Å²) in [5.41, 5.74) is 2.52. The van der Waals surface area contributed by atoms with Crippen molar-refractivity contribution in [3.63, 3.8) is 0 Å². The average molecular weight is 388 g/mol. The summed E-state index contributed by atoms with van der Waals surface area (Å²) in [4.78, 5) is 27.8. The van der Waals surface area contributed by atoms with Crippen LogP contribution in [0.15, 0.2) is 84.9 Å². The molecular formula is C24H24N2O3. The number of hydrogen-bond acceptors (Lipinski definition) is 3. The summed E-state index contributed by atoms with van der Waals surface area (Å²) in [5.74, 6) is 0.336. The van der Waals surface area contributed by atoms with Crippen molar-refractivity contribution in [3.05, 3.63) is 90.5 Å². The topological polar surface area (TPSA) is 49.9 Å². The zero-order chi connectivity index (χ0) is 20.6. The Bertz CT molecular complexity index is 941. The summed E-state index contributed by atoms with van der Waals surface area (Å²) >= 11 is 0. The largest absolute Gasteiger partial charge is 0.489 e. The molecule has 5 heteroatoms. The van der Waals surface area contributed by atoms with Gasteiger partial charge in [0.25, 0.3) is 0 Å². The molecule has 3 aromatic rings. The molecule has 0 unspecified atom stereocenters. The van der Waals surface area contributed by atoms with E-state index in [0.29, 0.717) is 18.0 Å². The maximum atomic E-state index is 12.7. The van der Waals surface area contributed by atoms with E-state index in [0.717, 1.165) is 11.3 Å². The Kier molecular flexibility index (Phi) is 6.63. The van der Waals surface area contributed by atoms with E-state index in [1.807, 2.05) is 60.7 Å². The van der Waals surface area contributed by atoms with Gasteiger partial charge in [0, 0.05) is 25.3 Å². The van der Waals surface area contributed by atoms with Crippen LogP contribution < -0.4 is 14.5 Å². The number of ether oxygens (including phenoxy) is 1. The van der Waals surface area contributed by atoms with E-state index in [1.165, 1.54) is 11.8 Å². The molecule has 0 heterocycles. The number of likely N-dealkylation sites (N-methyl/N-ethyl adjacent to an activating group) is 1. The highest BCUT2D eigenvalue weighted by molar-refractivity contribution is 6.02. The van der Waals surface area contributed by atoms with E-state index in [4.69, 9.17) is 4.74 Å². The minimum absolute atomic E-state index is 0.0368. The van der Waals surface area contributed by atoms with Gasteiger partial charge in [0.05, 0.1) is 0 Å². The van der Waals surface area contributed by atoms with Crippen LogP contribution in [0.1, 0.15) is 12.5 Å².